The van der Waals surface area contributed by atoms with Crippen molar-refractivity contribution in [3.8, 4) is 0 Å². The number of rotatable bonds is 5. The third-order valence-corrected chi connectivity index (χ3v) is 1.33. The zero-order valence-corrected chi connectivity index (χ0v) is 6.67. The molecule has 3 N–H and O–H groups in total. The Bertz CT molecular complexity index is 78.0. The van der Waals surface area contributed by atoms with E-state index in [2.05, 4.69) is 5.32 Å². The predicted molar refractivity (Wildman–Crippen MR) is 40.3 cm³/mol. The van der Waals surface area contributed by atoms with Gasteiger partial charge in [0.15, 0.2) is 0 Å². The Morgan fingerprint density at radius 3 is 2.20 bits per heavy atom. The highest BCUT2D eigenvalue weighted by atomic mass is 16.3. The average molecular weight is 147 g/mol. The summed E-state index contributed by atoms with van der Waals surface area (Å²) in [6.45, 7) is 3.85. The van der Waals surface area contributed by atoms with Crippen molar-refractivity contribution in [1.29, 1.82) is 0 Å². The van der Waals surface area contributed by atoms with Crippen LogP contribution in [-0.4, -0.2) is 22.7 Å². The van der Waals surface area contributed by atoms with Gasteiger partial charge in [0.25, 0.3) is 0 Å². The third kappa shape index (κ3) is 4.73. The van der Waals surface area contributed by atoms with Crippen molar-refractivity contribution < 1.29 is 10.2 Å². The molecule has 2 unspecified atom stereocenters. The molecule has 0 fully saturated rings. The van der Waals surface area contributed by atoms with Gasteiger partial charge >= 0.3 is 0 Å². The first kappa shape index (κ1) is 9.88. The molecule has 0 saturated heterocycles. The highest BCUT2D eigenvalue weighted by Crippen LogP contribution is 1.94. The lowest BCUT2D eigenvalue weighted by Crippen LogP contribution is -2.37. The van der Waals surface area contributed by atoms with Gasteiger partial charge in [-0.25, -0.2) is 0 Å². The standard InChI is InChI=1S/C7H17NO2/c1-3-5-7(10)8-6(9)4-2/h6-10H,3-5H2,1-2H3. The van der Waals surface area contributed by atoms with Gasteiger partial charge in [0.05, 0.1) is 0 Å². The molecule has 0 aromatic carbocycles. The summed E-state index contributed by atoms with van der Waals surface area (Å²) in [5.74, 6) is 0. The number of aliphatic hydroxyl groups is 2. The molecule has 62 valence electrons. The van der Waals surface area contributed by atoms with Crippen LogP contribution >= 0.6 is 0 Å². The van der Waals surface area contributed by atoms with Crippen LogP contribution in [0.5, 0.6) is 0 Å². The molecular weight excluding hydrogens is 130 g/mol. The van der Waals surface area contributed by atoms with E-state index in [1.54, 1.807) is 0 Å². The fraction of sp³-hybridized carbons (Fsp3) is 1.00. The van der Waals surface area contributed by atoms with Gasteiger partial charge in [-0.2, -0.15) is 0 Å². The van der Waals surface area contributed by atoms with E-state index in [1.807, 2.05) is 13.8 Å². The first-order valence-electron chi connectivity index (χ1n) is 3.82. The fourth-order valence-corrected chi connectivity index (χ4v) is 0.697. The molecule has 0 aliphatic rings. The molecule has 3 nitrogen and oxygen atoms in total. The van der Waals surface area contributed by atoms with Crippen LogP contribution in [0.2, 0.25) is 0 Å². The molecule has 2 atom stereocenters. The number of aliphatic hydroxyl groups excluding tert-OH is 2. The van der Waals surface area contributed by atoms with Crippen molar-refractivity contribution in [1.82, 2.24) is 5.32 Å². The van der Waals surface area contributed by atoms with Crippen LogP contribution in [0.3, 0.4) is 0 Å². The molecule has 0 saturated carbocycles. The smallest absolute Gasteiger partial charge is 0.106 e. The minimum atomic E-state index is -0.568. The van der Waals surface area contributed by atoms with Crippen molar-refractivity contribution in [2.24, 2.45) is 0 Å². The van der Waals surface area contributed by atoms with Crippen LogP contribution in [0.15, 0.2) is 0 Å². The largest absolute Gasteiger partial charge is 0.379 e. The summed E-state index contributed by atoms with van der Waals surface area (Å²) < 4.78 is 0. The lowest BCUT2D eigenvalue weighted by atomic mass is 10.3. The molecule has 0 radical (unpaired) electrons. The second kappa shape index (κ2) is 5.65. The monoisotopic (exact) mass is 147 g/mol. The molecule has 10 heavy (non-hydrogen) atoms. The molecule has 0 bridgehead atoms. The Hall–Kier alpha value is -0.120. The quantitative estimate of drug-likeness (QED) is 0.494. The van der Waals surface area contributed by atoms with E-state index in [9.17, 15) is 0 Å². The highest BCUT2D eigenvalue weighted by molar-refractivity contribution is 4.54. The van der Waals surface area contributed by atoms with Crippen LogP contribution in [0.4, 0.5) is 0 Å². The Labute approximate surface area is 62.1 Å². The minimum absolute atomic E-state index is 0.556. The molecule has 0 rings (SSSR count). The van der Waals surface area contributed by atoms with Gasteiger partial charge in [0.2, 0.25) is 0 Å². The van der Waals surface area contributed by atoms with Crippen molar-refractivity contribution >= 4 is 0 Å². The lowest BCUT2D eigenvalue weighted by Gasteiger charge is -2.15. The van der Waals surface area contributed by atoms with Crippen molar-refractivity contribution in [2.75, 3.05) is 0 Å². The van der Waals surface area contributed by atoms with E-state index < -0.39 is 12.5 Å². The van der Waals surface area contributed by atoms with E-state index in [-0.39, 0.29) is 0 Å². The molecule has 0 aliphatic heterocycles. The maximum Gasteiger partial charge on any atom is 0.106 e. The Morgan fingerprint density at radius 1 is 1.20 bits per heavy atom. The summed E-state index contributed by atoms with van der Waals surface area (Å²) in [7, 11) is 0. The Morgan fingerprint density at radius 2 is 1.80 bits per heavy atom. The zero-order valence-electron chi connectivity index (χ0n) is 6.67. The van der Waals surface area contributed by atoms with Gasteiger partial charge in [-0.3, -0.25) is 5.32 Å². The van der Waals surface area contributed by atoms with E-state index in [0.717, 1.165) is 6.42 Å². The summed E-state index contributed by atoms with van der Waals surface area (Å²) in [6.07, 6.45) is 1.11. The van der Waals surface area contributed by atoms with Crippen molar-refractivity contribution in [3.63, 3.8) is 0 Å². The maximum atomic E-state index is 9.08. The summed E-state index contributed by atoms with van der Waals surface area (Å²) in [5.41, 5.74) is 0. The molecule has 0 aliphatic carbocycles. The first-order valence-corrected chi connectivity index (χ1v) is 3.82. The normalized spacial score (nSPS) is 16.8. The van der Waals surface area contributed by atoms with Crippen molar-refractivity contribution in [3.05, 3.63) is 0 Å². The van der Waals surface area contributed by atoms with Gasteiger partial charge in [0.1, 0.15) is 12.5 Å². The van der Waals surface area contributed by atoms with Crippen molar-refractivity contribution in [2.45, 2.75) is 45.6 Å². The number of hydrogen-bond donors (Lipinski definition) is 3. The van der Waals surface area contributed by atoms with Gasteiger partial charge < -0.3 is 10.2 Å². The van der Waals surface area contributed by atoms with E-state index in [1.165, 1.54) is 0 Å². The molecule has 0 spiro atoms. The summed E-state index contributed by atoms with van der Waals surface area (Å²) in [6, 6.07) is 0. The topological polar surface area (TPSA) is 52.5 Å². The second-order valence-electron chi connectivity index (χ2n) is 2.40. The second-order valence-corrected chi connectivity index (χ2v) is 2.40. The summed E-state index contributed by atoms with van der Waals surface area (Å²) in [4.78, 5) is 0. The SMILES string of the molecule is CCCC(O)NC(O)CC. The van der Waals surface area contributed by atoms with Gasteiger partial charge in [0, 0.05) is 0 Å². The summed E-state index contributed by atoms with van der Waals surface area (Å²) in [5, 5.41) is 20.7. The Kier molecular flexibility index (Phi) is 5.58. The molecule has 0 amide bonds. The minimum Gasteiger partial charge on any atom is -0.379 e. The van der Waals surface area contributed by atoms with Gasteiger partial charge in [-0.05, 0) is 12.8 Å². The maximum absolute atomic E-state index is 9.08. The molecule has 0 aromatic rings. The molecule has 3 heteroatoms. The molecule has 0 aromatic heterocycles. The van der Waals surface area contributed by atoms with Crippen LogP contribution < -0.4 is 5.32 Å². The first-order chi connectivity index (χ1) is 4.70. The average Bonchev–Trinajstić information content (AvgIpc) is 1.88. The van der Waals surface area contributed by atoms with Gasteiger partial charge in [-0.1, -0.05) is 20.3 Å². The van der Waals surface area contributed by atoms with E-state index in [4.69, 9.17) is 10.2 Å². The Balaban J connectivity index is 3.27. The number of nitrogens with one attached hydrogen (secondary N) is 1. The lowest BCUT2D eigenvalue weighted by molar-refractivity contribution is 0.0358. The third-order valence-electron chi connectivity index (χ3n) is 1.33. The zero-order chi connectivity index (χ0) is 7.98. The fourth-order valence-electron chi connectivity index (χ4n) is 0.697. The highest BCUT2D eigenvalue weighted by Gasteiger charge is 2.05. The van der Waals surface area contributed by atoms with Crippen LogP contribution in [0.25, 0.3) is 0 Å². The molecular formula is C7H17NO2. The molecule has 0 heterocycles. The van der Waals surface area contributed by atoms with Crippen LogP contribution in [-0.2, 0) is 0 Å². The predicted octanol–water partition coefficient (Wildman–Crippen LogP) is 0.423. The summed E-state index contributed by atoms with van der Waals surface area (Å²) >= 11 is 0. The van der Waals surface area contributed by atoms with E-state index >= 15 is 0 Å². The van der Waals surface area contributed by atoms with E-state index in [0.29, 0.717) is 12.8 Å². The van der Waals surface area contributed by atoms with Gasteiger partial charge in [-0.15, -0.1) is 0 Å². The number of hydrogen-bond acceptors (Lipinski definition) is 3. The van der Waals surface area contributed by atoms with Crippen LogP contribution in [0.1, 0.15) is 33.1 Å². The van der Waals surface area contributed by atoms with Crippen LogP contribution in [0, 0.1) is 0 Å².